The smallest absolute Gasteiger partial charge is 0.321 e. The van der Waals surface area contributed by atoms with Crippen molar-refractivity contribution in [3.63, 3.8) is 0 Å². The summed E-state index contributed by atoms with van der Waals surface area (Å²) in [6, 6.07) is 5.05. The molecule has 0 aliphatic carbocycles. The highest BCUT2D eigenvalue weighted by Gasteiger charge is 2.21. The molecule has 1 N–H and O–H groups in total. The van der Waals surface area contributed by atoms with Crippen molar-refractivity contribution < 1.29 is 14.3 Å². The molecule has 3 amide bonds. The van der Waals surface area contributed by atoms with Crippen LogP contribution >= 0.6 is 0 Å². The largest absolute Gasteiger partial charge is 0.489 e. The van der Waals surface area contributed by atoms with Crippen molar-refractivity contribution in [2.24, 2.45) is 0 Å². The molecule has 6 nitrogen and oxygen atoms in total. The minimum atomic E-state index is -0.209. The molecule has 2 rings (SSSR count). The zero-order valence-electron chi connectivity index (χ0n) is 11.3. The molecule has 0 bridgehead atoms. The van der Waals surface area contributed by atoms with Crippen LogP contribution < -0.4 is 15.0 Å². The summed E-state index contributed by atoms with van der Waals surface area (Å²) < 4.78 is 5.53. The second kappa shape index (κ2) is 5.17. The molecule has 19 heavy (non-hydrogen) atoms. The lowest BCUT2D eigenvalue weighted by Gasteiger charge is -2.29. The summed E-state index contributed by atoms with van der Waals surface area (Å²) >= 11 is 0. The van der Waals surface area contributed by atoms with Crippen molar-refractivity contribution in [3.8, 4) is 5.75 Å². The van der Waals surface area contributed by atoms with E-state index in [1.165, 1.54) is 11.8 Å². The normalized spacial score (nSPS) is 13.3. The topological polar surface area (TPSA) is 61.9 Å². The SMILES string of the molecule is CC(=O)N1CCOc2cc(NC(=O)N(C)C)ccc21. The van der Waals surface area contributed by atoms with Crippen LogP contribution in [0.15, 0.2) is 18.2 Å². The molecule has 1 aromatic carbocycles. The first-order valence-corrected chi connectivity index (χ1v) is 6.02. The number of anilines is 2. The highest BCUT2D eigenvalue weighted by atomic mass is 16.5. The van der Waals surface area contributed by atoms with Gasteiger partial charge in [0.15, 0.2) is 0 Å². The highest BCUT2D eigenvalue weighted by molar-refractivity contribution is 5.95. The van der Waals surface area contributed by atoms with Gasteiger partial charge in [0.25, 0.3) is 0 Å². The van der Waals surface area contributed by atoms with E-state index in [1.807, 2.05) is 0 Å². The number of nitrogens with one attached hydrogen (secondary N) is 1. The van der Waals surface area contributed by atoms with Crippen LogP contribution in [0.1, 0.15) is 6.92 Å². The van der Waals surface area contributed by atoms with E-state index in [-0.39, 0.29) is 11.9 Å². The van der Waals surface area contributed by atoms with Crippen molar-refractivity contribution in [1.82, 2.24) is 4.90 Å². The third-order valence-electron chi connectivity index (χ3n) is 2.86. The maximum absolute atomic E-state index is 11.6. The molecule has 1 aliphatic rings. The average Bonchev–Trinajstić information content (AvgIpc) is 2.37. The maximum Gasteiger partial charge on any atom is 0.321 e. The Balaban J connectivity index is 2.24. The molecule has 0 spiro atoms. The molecule has 6 heteroatoms. The third-order valence-corrected chi connectivity index (χ3v) is 2.86. The van der Waals surface area contributed by atoms with Crippen LogP contribution in [0.5, 0.6) is 5.75 Å². The minimum absolute atomic E-state index is 0.0189. The van der Waals surface area contributed by atoms with Gasteiger partial charge in [-0.05, 0) is 12.1 Å². The number of benzene rings is 1. The summed E-state index contributed by atoms with van der Waals surface area (Å²) in [6.45, 7) is 2.53. The van der Waals surface area contributed by atoms with E-state index < -0.39 is 0 Å². The van der Waals surface area contributed by atoms with Crippen molar-refractivity contribution in [2.75, 3.05) is 37.5 Å². The van der Waals surface area contributed by atoms with Crippen LogP contribution in [0, 0.1) is 0 Å². The lowest BCUT2D eigenvalue weighted by molar-refractivity contribution is -0.116. The molecule has 0 aromatic heterocycles. The third kappa shape index (κ3) is 2.78. The van der Waals surface area contributed by atoms with Crippen LogP contribution in [-0.4, -0.2) is 44.1 Å². The molecular weight excluding hydrogens is 246 g/mol. The van der Waals surface area contributed by atoms with Gasteiger partial charge in [0.1, 0.15) is 12.4 Å². The Kier molecular flexibility index (Phi) is 3.59. The van der Waals surface area contributed by atoms with Gasteiger partial charge in [-0.2, -0.15) is 0 Å². The van der Waals surface area contributed by atoms with Crippen LogP contribution in [0.25, 0.3) is 0 Å². The van der Waals surface area contributed by atoms with Crippen LogP contribution in [0.4, 0.5) is 16.2 Å². The zero-order chi connectivity index (χ0) is 14.0. The summed E-state index contributed by atoms with van der Waals surface area (Å²) in [5.74, 6) is 0.590. The number of urea groups is 1. The summed E-state index contributed by atoms with van der Waals surface area (Å²) in [7, 11) is 3.34. The summed E-state index contributed by atoms with van der Waals surface area (Å²) in [6.07, 6.45) is 0. The number of fused-ring (bicyclic) bond motifs is 1. The Bertz CT molecular complexity index is 514. The quantitative estimate of drug-likeness (QED) is 0.835. The van der Waals surface area contributed by atoms with Gasteiger partial charge in [0, 0.05) is 32.8 Å². The second-order valence-corrected chi connectivity index (χ2v) is 4.53. The Hall–Kier alpha value is -2.24. The Morgan fingerprint density at radius 1 is 1.37 bits per heavy atom. The molecule has 102 valence electrons. The Labute approximate surface area is 111 Å². The molecular formula is C13H17N3O3. The standard InChI is InChI=1S/C13H17N3O3/c1-9(17)16-6-7-19-12-8-10(4-5-11(12)16)14-13(18)15(2)3/h4-5,8H,6-7H2,1-3H3,(H,14,18). The molecule has 1 aliphatic heterocycles. The van der Waals surface area contributed by atoms with E-state index in [9.17, 15) is 9.59 Å². The summed E-state index contributed by atoms with van der Waals surface area (Å²) in [5.41, 5.74) is 1.38. The van der Waals surface area contributed by atoms with E-state index >= 15 is 0 Å². The molecule has 1 aromatic rings. The van der Waals surface area contributed by atoms with Crippen LogP contribution in [-0.2, 0) is 4.79 Å². The molecule has 0 fully saturated rings. The lowest BCUT2D eigenvalue weighted by Crippen LogP contribution is -2.36. The van der Waals surface area contributed by atoms with E-state index in [0.29, 0.717) is 24.6 Å². The number of nitrogens with zero attached hydrogens (tertiary/aromatic N) is 2. The summed E-state index contributed by atoms with van der Waals surface area (Å²) in [5, 5.41) is 2.74. The van der Waals surface area contributed by atoms with Crippen LogP contribution in [0.3, 0.4) is 0 Å². The number of carbonyl (C=O) groups is 2. The number of rotatable bonds is 1. The van der Waals surface area contributed by atoms with E-state index in [4.69, 9.17) is 4.74 Å². The van der Waals surface area contributed by atoms with Gasteiger partial charge in [0.05, 0.1) is 12.2 Å². The zero-order valence-corrected chi connectivity index (χ0v) is 11.3. The Morgan fingerprint density at radius 2 is 2.11 bits per heavy atom. The van der Waals surface area contributed by atoms with Crippen molar-refractivity contribution in [3.05, 3.63) is 18.2 Å². The van der Waals surface area contributed by atoms with Gasteiger partial charge in [-0.15, -0.1) is 0 Å². The van der Waals surface area contributed by atoms with Gasteiger partial charge >= 0.3 is 6.03 Å². The van der Waals surface area contributed by atoms with Crippen molar-refractivity contribution in [1.29, 1.82) is 0 Å². The number of ether oxygens (including phenoxy) is 1. The number of carbonyl (C=O) groups excluding carboxylic acids is 2. The van der Waals surface area contributed by atoms with E-state index in [0.717, 1.165) is 5.69 Å². The maximum atomic E-state index is 11.6. The van der Waals surface area contributed by atoms with Crippen LogP contribution in [0.2, 0.25) is 0 Å². The number of hydrogen-bond acceptors (Lipinski definition) is 3. The highest BCUT2D eigenvalue weighted by Crippen LogP contribution is 2.34. The van der Waals surface area contributed by atoms with Gasteiger partial charge in [-0.1, -0.05) is 0 Å². The molecule has 0 atom stereocenters. The molecule has 0 unspecified atom stereocenters. The number of amides is 3. The predicted octanol–water partition coefficient (Wildman–Crippen LogP) is 1.53. The Morgan fingerprint density at radius 3 is 2.74 bits per heavy atom. The fraction of sp³-hybridized carbons (Fsp3) is 0.385. The van der Waals surface area contributed by atoms with Crippen molar-refractivity contribution >= 4 is 23.3 Å². The van der Waals surface area contributed by atoms with Gasteiger partial charge < -0.3 is 19.9 Å². The van der Waals surface area contributed by atoms with Gasteiger partial charge in [-0.25, -0.2) is 4.79 Å². The monoisotopic (exact) mass is 263 g/mol. The minimum Gasteiger partial charge on any atom is -0.489 e. The summed E-state index contributed by atoms with van der Waals surface area (Å²) in [4.78, 5) is 26.2. The average molecular weight is 263 g/mol. The first-order chi connectivity index (χ1) is 8.99. The van der Waals surface area contributed by atoms with Gasteiger partial charge in [-0.3, -0.25) is 4.79 Å². The predicted molar refractivity (Wildman–Crippen MR) is 72.7 cm³/mol. The molecule has 0 radical (unpaired) electrons. The van der Waals surface area contributed by atoms with E-state index in [2.05, 4.69) is 5.32 Å². The fourth-order valence-corrected chi connectivity index (χ4v) is 1.86. The molecule has 0 saturated carbocycles. The van der Waals surface area contributed by atoms with Crippen molar-refractivity contribution in [2.45, 2.75) is 6.92 Å². The number of hydrogen-bond donors (Lipinski definition) is 1. The first kappa shape index (κ1) is 13.2. The van der Waals surface area contributed by atoms with E-state index in [1.54, 1.807) is 37.2 Å². The lowest BCUT2D eigenvalue weighted by atomic mass is 10.2. The molecule has 0 saturated heterocycles. The second-order valence-electron chi connectivity index (χ2n) is 4.53. The fourth-order valence-electron chi connectivity index (χ4n) is 1.86. The molecule has 1 heterocycles. The first-order valence-electron chi connectivity index (χ1n) is 6.02. The van der Waals surface area contributed by atoms with Gasteiger partial charge in [0.2, 0.25) is 5.91 Å².